The molecule has 1 saturated carbocycles. The van der Waals surface area contributed by atoms with Crippen molar-refractivity contribution in [2.45, 2.75) is 40.5 Å². The van der Waals surface area contributed by atoms with Gasteiger partial charge < -0.3 is 5.73 Å². The van der Waals surface area contributed by atoms with Crippen LogP contribution in [0, 0.1) is 16.7 Å². The first kappa shape index (κ1) is 9.05. The molecule has 0 heterocycles. The van der Waals surface area contributed by atoms with Crippen molar-refractivity contribution in [1.82, 2.24) is 0 Å². The van der Waals surface area contributed by atoms with E-state index in [0.717, 1.165) is 12.5 Å². The molecule has 0 unspecified atom stereocenters. The maximum absolute atomic E-state index is 5.81. The van der Waals surface area contributed by atoms with E-state index in [4.69, 9.17) is 5.73 Å². The highest BCUT2D eigenvalue weighted by molar-refractivity contribution is 4.98. The topological polar surface area (TPSA) is 26.0 Å². The molecule has 0 saturated heterocycles. The van der Waals surface area contributed by atoms with Crippen LogP contribution in [0.25, 0.3) is 0 Å². The quantitative estimate of drug-likeness (QED) is 0.618. The maximum atomic E-state index is 5.81. The zero-order valence-electron chi connectivity index (χ0n) is 8.28. The van der Waals surface area contributed by atoms with E-state index in [1.165, 1.54) is 12.8 Å². The normalized spacial score (nSPS) is 42.8. The summed E-state index contributed by atoms with van der Waals surface area (Å²) < 4.78 is 0. The third-order valence-corrected chi connectivity index (χ3v) is 4.37. The molecule has 1 rings (SSSR count). The van der Waals surface area contributed by atoms with E-state index in [1.54, 1.807) is 0 Å². The largest absolute Gasteiger partial charge is 0.330 e. The van der Waals surface area contributed by atoms with Gasteiger partial charge in [-0.25, -0.2) is 0 Å². The van der Waals surface area contributed by atoms with Crippen molar-refractivity contribution in [1.29, 1.82) is 0 Å². The average Bonchev–Trinajstić information content (AvgIpc) is 2.15. The summed E-state index contributed by atoms with van der Waals surface area (Å²) in [4.78, 5) is 0. The van der Waals surface area contributed by atoms with E-state index in [9.17, 15) is 0 Å². The smallest absolute Gasteiger partial charge is 0.00180 e. The van der Waals surface area contributed by atoms with Crippen LogP contribution in [-0.4, -0.2) is 6.54 Å². The molecule has 1 fully saturated rings. The molecule has 0 spiro atoms. The molecule has 1 aliphatic carbocycles. The third kappa shape index (κ3) is 1.10. The van der Waals surface area contributed by atoms with Gasteiger partial charge in [0.1, 0.15) is 0 Å². The standard InChI is InChI=1S/C10H21N/c1-8-5-6-10(4,7-11)9(8,2)3/h8H,5-7,11H2,1-4H3/t8-,10-/m0/s1. The molecule has 1 nitrogen and oxygen atoms in total. The fourth-order valence-electron chi connectivity index (χ4n) is 2.18. The Balaban J connectivity index is 2.86. The van der Waals surface area contributed by atoms with Gasteiger partial charge >= 0.3 is 0 Å². The van der Waals surface area contributed by atoms with Crippen LogP contribution in [0.5, 0.6) is 0 Å². The van der Waals surface area contributed by atoms with Crippen LogP contribution in [-0.2, 0) is 0 Å². The monoisotopic (exact) mass is 155 g/mol. The van der Waals surface area contributed by atoms with Gasteiger partial charge in [0.15, 0.2) is 0 Å². The minimum atomic E-state index is 0.381. The summed E-state index contributed by atoms with van der Waals surface area (Å²) in [7, 11) is 0. The van der Waals surface area contributed by atoms with E-state index in [0.29, 0.717) is 10.8 Å². The minimum absolute atomic E-state index is 0.381. The fourth-order valence-corrected chi connectivity index (χ4v) is 2.18. The second-order valence-electron chi connectivity index (χ2n) is 4.93. The van der Waals surface area contributed by atoms with Crippen LogP contribution >= 0.6 is 0 Å². The Bertz CT molecular complexity index is 148. The van der Waals surface area contributed by atoms with Gasteiger partial charge in [0.25, 0.3) is 0 Å². The molecule has 1 heteroatoms. The average molecular weight is 155 g/mol. The predicted octanol–water partition coefficient (Wildman–Crippen LogP) is 2.41. The van der Waals surface area contributed by atoms with Crippen LogP contribution in [0.2, 0.25) is 0 Å². The highest BCUT2D eigenvalue weighted by atomic mass is 14.7. The van der Waals surface area contributed by atoms with Crippen LogP contribution < -0.4 is 5.73 Å². The molecule has 11 heavy (non-hydrogen) atoms. The van der Waals surface area contributed by atoms with Gasteiger partial charge in [-0.3, -0.25) is 0 Å². The lowest BCUT2D eigenvalue weighted by Gasteiger charge is -2.40. The maximum Gasteiger partial charge on any atom is -0.00180 e. The van der Waals surface area contributed by atoms with Gasteiger partial charge in [-0.15, -0.1) is 0 Å². The van der Waals surface area contributed by atoms with Crippen molar-refractivity contribution < 1.29 is 0 Å². The minimum Gasteiger partial charge on any atom is -0.330 e. The SMILES string of the molecule is C[C@H]1CC[C@@](C)(CN)C1(C)C. The molecule has 0 aromatic carbocycles. The Hall–Kier alpha value is -0.0400. The molecule has 66 valence electrons. The van der Waals surface area contributed by atoms with Crippen LogP contribution in [0.4, 0.5) is 0 Å². The van der Waals surface area contributed by atoms with Gasteiger partial charge in [0.05, 0.1) is 0 Å². The number of nitrogens with two attached hydrogens (primary N) is 1. The highest BCUT2D eigenvalue weighted by Gasteiger charge is 2.48. The van der Waals surface area contributed by atoms with Crippen molar-refractivity contribution in [3.63, 3.8) is 0 Å². The van der Waals surface area contributed by atoms with E-state index < -0.39 is 0 Å². The summed E-state index contributed by atoms with van der Waals surface area (Å²) >= 11 is 0. The van der Waals surface area contributed by atoms with E-state index in [2.05, 4.69) is 27.7 Å². The summed E-state index contributed by atoms with van der Waals surface area (Å²) in [6.45, 7) is 10.2. The molecule has 0 aromatic heterocycles. The van der Waals surface area contributed by atoms with Crippen LogP contribution in [0.15, 0.2) is 0 Å². The second-order valence-corrected chi connectivity index (χ2v) is 4.93. The van der Waals surface area contributed by atoms with Gasteiger partial charge in [0, 0.05) is 0 Å². The highest BCUT2D eigenvalue weighted by Crippen LogP contribution is 2.54. The van der Waals surface area contributed by atoms with E-state index in [-0.39, 0.29) is 0 Å². The summed E-state index contributed by atoms with van der Waals surface area (Å²) in [5.41, 5.74) is 6.62. The molecule has 1 aliphatic rings. The summed E-state index contributed by atoms with van der Waals surface area (Å²) in [5.74, 6) is 0.830. The Labute approximate surface area is 70.4 Å². The van der Waals surface area contributed by atoms with Crippen molar-refractivity contribution in [3.05, 3.63) is 0 Å². The number of hydrogen-bond acceptors (Lipinski definition) is 1. The molecule has 0 aromatic rings. The number of rotatable bonds is 1. The Morgan fingerprint density at radius 1 is 1.36 bits per heavy atom. The first-order valence-corrected chi connectivity index (χ1v) is 4.64. The molecule has 0 radical (unpaired) electrons. The molecule has 0 aliphatic heterocycles. The van der Waals surface area contributed by atoms with Gasteiger partial charge in [-0.2, -0.15) is 0 Å². The van der Waals surface area contributed by atoms with Crippen LogP contribution in [0.1, 0.15) is 40.5 Å². The van der Waals surface area contributed by atoms with Gasteiger partial charge in [-0.1, -0.05) is 27.7 Å². The summed E-state index contributed by atoms with van der Waals surface area (Å²) in [6, 6.07) is 0. The second kappa shape index (κ2) is 2.48. The Morgan fingerprint density at radius 3 is 2.09 bits per heavy atom. The first-order chi connectivity index (χ1) is 4.94. The van der Waals surface area contributed by atoms with E-state index in [1.807, 2.05) is 0 Å². The van der Waals surface area contributed by atoms with Crippen LogP contribution in [0.3, 0.4) is 0 Å². The molecular weight excluding hydrogens is 134 g/mol. The number of hydrogen-bond donors (Lipinski definition) is 1. The molecule has 2 atom stereocenters. The zero-order chi connectivity index (χ0) is 8.70. The molecule has 0 bridgehead atoms. The van der Waals surface area contributed by atoms with E-state index >= 15 is 0 Å². The van der Waals surface area contributed by atoms with Crippen molar-refractivity contribution in [2.75, 3.05) is 6.54 Å². The third-order valence-electron chi connectivity index (χ3n) is 4.37. The van der Waals surface area contributed by atoms with Gasteiger partial charge in [0.2, 0.25) is 0 Å². The van der Waals surface area contributed by atoms with Gasteiger partial charge in [-0.05, 0) is 36.1 Å². The van der Waals surface area contributed by atoms with Crippen molar-refractivity contribution in [2.24, 2.45) is 22.5 Å². The Morgan fingerprint density at radius 2 is 1.91 bits per heavy atom. The predicted molar refractivity (Wildman–Crippen MR) is 49.3 cm³/mol. The molecule has 2 N–H and O–H groups in total. The fraction of sp³-hybridized carbons (Fsp3) is 1.00. The Kier molecular flexibility index (Phi) is 2.04. The summed E-state index contributed by atoms with van der Waals surface area (Å²) in [5, 5.41) is 0. The zero-order valence-corrected chi connectivity index (χ0v) is 8.28. The molecular formula is C10H21N. The lowest BCUT2D eigenvalue weighted by molar-refractivity contribution is 0.105. The lowest BCUT2D eigenvalue weighted by atomic mass is 9.66. The lowest BCUT2D eigenvalue weighted by Crippen LogP contribution is -2.39. The summed E-state index contributed by atoms with van der Waals surface area (Å²) in [6.07, 6.45) is 2.65. The van der Waals surface area contributed by atoms with Crippen molar-refractivity contribution in [3.8, 4) is 0 Å². The van der Waals surface area contributed by atoms with Crippen molar-refractivity contribution >= 4 is 0 Å². The first-order valence-electron chi connectivity index (χ1n) is 4.64. The molecule has 0 amide bonds.